The molecule has 13 heavy (non-hydrogen) atoms. The van der Waals surface area contributed by atoms with Crippen molar-refractivity contribution in [2.75, 3.05) is 0 Å². The van der Waals surface area contributed by atoms with Gasteiger partial charge < -0.3 is 4.74 Å². The standard InChI is InChI=1S/C10H13NO2/c1-7-5-4-6-10(11-7)8(2)13-9(3)12/h4-6,8H,1-3H3. The minimum Gasteiger partial charge on any atom is -0.456 e. The van der Waals surface area contributed by atoms with E-state index in [4.69, 9.17) is 4.74 Å². The molecular formula is C10H13NO2. The summed E-state index contributed by atoms with van der Waals surface area (Å²) in [5, 5.41) is 0. The fourth-order valence-corrected chi connectivity index (χ4v) is 1.10. The molecule has 0 aliphatic carbocycles. The zero-order valence-electron chi connectivity index (χ0n) is 8.07. The number of ether oxygens (including phenoxy) is 1. The highest BCUT2D eigenvalue weighted by molar-refractivity contribution is 5.66. The Balaban J connectivity index is 2.76. The summed E-state index contributed by atoms with van der Waals surface area (Å²) in [6.07, 6.45) is -0.266. The second-order valence-electron chi connectivity index (χ2n) is 2.96. The second kappa shape index (κ2) is 4.03. The van der Waals surface area contributed by atoms with E-state index in [9.17, 15) is 4.79 Å². The van der Waals surface area contributed by atoms with Gasteiger partial charge in [-0.2, -0.15) is 0 Å². The lowest BCUT2D eigenvalue weighted by molar-refractivity contribution is -0.145. The maximum absolute atomic E-state index is 10.7. The molecule has 0 aromatic carbocycles. The smallest absolute Gasteiger partial charge is 0.303 e. The zero-order valence-corrected chi connectivity index (χ0v) is 8.07. The maximum atomic E-state index is 10.7. The van der Waals surface area contributed by atoms with E-state index >= 15 is 0 Å². The number of nitrogens with zero attached hydrogens (tertiary/aromatic N) is 1. The highest BCUT2D eigenvalue weighted by atomic mass is 16.5. The van der Waals surface area contributed by atoms with Crippen molar-refractivity contribution in [3.05, 3.63) is 29.6 Å². The van der Waals surface area contributed by atoms with Gasteiger partial charge >= 0.3 is 5.97 Å². The monoisotopic (exact) mass is 179 g/mol. The fourth-order valence-electron chi connectivity index (χ4n) is 1.10. The summed E-state index contributed by atoms with van der Waals surface area (Å²) < 4.78 is 4.99. The Labute approximate surface area is 77.8 Å². The molecule has 1 atom stereocenters. The molecule has 0 N–H and O–H groups in total. The Morgan fingerprint density at radius 3 is 2.77 bits per heavy atom. The molecule has 1 aromatic heterocycles. The van der Waals surface area contributed by atoms with Crippen molar-refractivity contribution in [1.82, 2.24) is 4.98 Å². The lowest BCUT2D eigenvalue weighted by Gasteiger charge is -2.11. The van der Waals surface area contributed by atoms with Crippen LogP contribution in [0.4, 0.5) is 0 Å². The van der Waals surface area contributed by atoms with Crippen LogP contribution in [-0.2, 0) is 9.53 Å². The summed E-state index contributed by atoms with van der Waals surface area (Å²) in [7, 11) is 0. The summed E-state index contributed by atoms with van der Waals surface area (Å²) in [6.45, 7) is 5.11. The molecule has 0 bridgehead atoms. The van der Waals surface area contributed by atoms with Gasteiger partial charge in [0.25, 0.3) is 0 Å². The number of carbonyl (C=O) groups is 1. The first kappa shape index (κ1) is 9.71. The van der Waals surface area contributed by atoms with E-state index in [-0.39, 0.29) is 12.1 Å². The van der Waals surface area contributed by atoms with Gasteiger partial charge in [-0.05, 0) is 26.0 Å². The van der Waals surface area contributed by atoms with E-state index < -0.39 is 0 Å². The maximum Gasteiger partial charge on any atom is 0.303 e. The second-order valence-corrected chi connectivity index (χ2v) is 2.96. The average Bonchev–Trinajstić information content (AvgIpc) is 2.03. The number of pyridine rings is 1. The molecule has 1 aromatic rings. The summed E-state index contributed by atoms with van der Waals surface area (Å²) in [5.74, 6) is -0.282. The normalized spacial score (nSPS) is 12.2. The van der Waals surface area contributed by atoms with Crippen molar-refractivity contribution in [2.24, 2.45) is 0 Å². The van der Waals surface area contributed by atoms with E-state index in [1.54, 1.807) is 0 Å². The Kier molecular flexibility index (Phi) is 3.01. The Morgan fingerprint density at radius 2 is 2.23 bits per heavy atom. The van der Waals surface area contributed by atoms with Gasteiger partial charge in [-0.25, -0.2) is 0 Å². The number of hydrogen-bond acceptors (Lipinski definition) is 3. The largest absolute Gasteiger partial charge is 0.456 e. The number of esters is 1. The summed E-state index contributed by atoms with van der Waals surface area (Å²) >= 11 is 0. The molecule has 0 radical (unpaired) electrons. The topological polar surface area (TPSA) is 39.2 Å². The minimum atomic E-state index is -0.282. The van der Waals surface area contributed by atoms with Crippen LogP contribution >= 0.6 is 0 Å². The molecule has 0 saturated carbocycles. The van der Waals surface area contributed by atoms with E-state index in [1.165, 1.54) is 6.92 Å². The van der Waals surface area contributed by atoms with E-state index in [0.29, 0.717) is 0 Å². The lowest BCUT2D eigenvalue weighted by Crippen LogP contribution is -2.06. The highest BCUT2D eigenvalue weighted by Crippen LogP contribution is 2.14. The van der Waals surface area contributed by atoms with Gasteiger partial charge in [-0.15, -0.1) is 0 Å². The van der Waals surface area contributed by atoms with Crippen LogP contribution in [0.5, 0.6) is 0 Å². The van der Waals surface area contributed by atoms with Crippen LogP contribution in [0.15, 0.2) is 18.2 Å². The lowest BCUT2D eigenvalue weighted by atomic mass is 10.2. The molecule has 1 heterocycles. The summed E-state index contributed by atoms with van der Waals surface area (Å²) in [5.41, 5.74) is 1.71. The van der Waals surface area contributed by atoms with Gasteiger partial charge in [-0.1, -0.05) is 6.07 Å². The molecule has 0 fully saturated rings. The van der Waals surface area contributed by atoms with Crippen molar-refractivity contribution in [1.29, 1.82) is 0 Å². The van der Waals surface area contributed by atoms with Crippen molar-refractivity contribution in [2.45, 2.75) is 26.9 Å². The van der Waals surface area contributed by atoms with Gasteiger partial charge in [0.15, 0.2) is 0 Å². The zero-order chi connectivity index (χ0) is 9.84. The number of carbonyl (C=O) groups excluding carboxylic acids is 1. The van der Waals surface area contributed by atoms with Gasteiger partial charge in [0, 0.05) is 12.6 Å². The molecule has 1 unspecified atom stereocenters. The van der Waals surface area contributed by atoms with Crippen LogP contribution in [0.3, 0.4) is 0 Å². The molecule has 0 spiro atoms. The number of rotatable bonds is 2. The third-order valence-corrected chi connectivity index (χ3v) is 1.67. The molecular weight excluding hydrogens is 166 g/mol. The number of aryl methyl sites for hydroxylation is 1. The molecule has 3 nitrogen and oxygen atoms in total. The molecule has 70 valence electrons. The van der Waals surface area contributed by atoms with Crippen LogP contribution in [0.1, 0.15) is 31.3 Å². The Bertz CT molecular complexity index is 310. The van der Waals surface area contributed by atoms with Gasteiger partial charge in [-0.3, -0.25) is 9.78 Å². The van der Waals surface area contributed by atoms with Crippen LogP contribution in [0.25, 0.3) is 0 Å². The summed E-state index contributed by atoms with van der Waals surface area (Å²) in [6, 6.07) is 5.66. The Hall–Kier alpha value is -1.38. The quantitative estimate of drug-likeness (QED) is 0.652. The first-order valence-electron chi connectivity index (χ1n) is 4.20. The Morgan fingerprint density at radius 1 is 1.54 bits per heavy atom. The van der Waals surface area contributed by atoms with Crippen LogP contribution in [0.2, 0.25) is 0 Å². The van der Waals surface area contributed by atoms with Gasteiger partial charge in [0.05, 0.1) is 5.69 Å². The third-order valence-electron chi connectivity index (χ3n) is 1.67. The SMILES string of the molecule is CC(=O)OC(C)c1cccc(C)n1. The molecule has 1 rings (SSSR count). The van der Waals surface area contributed by atoms with E-state index in [1.807, 2.05) is 32.0 Å². The fraction of sp³-hybridized carbons (Fsp3) is 0.400. The van der Waals surface area contributed by atoms with Gasteiger partial charge in [0.1, 0.15) is 6.10 Å². The predicted molar refractivity (Wildman–Crippen MR) is 49.2 cm³/mol. The van der Waals surface area contributed by atoms with Crippen molar-refractivity contribution in [3.63, 3.8) is 0 Å². The molecule has 0 amide bonds. The molecule has 3 heteroatoms. The predicted octanol–water partition coefficient (Wildman–Crippen LogP) is 2.01. The minimum absolute atomic E-state index is 0.266. The third kappa shape index (κ3) is 2.86. The number of hydrogen-bond donors (Lipinski definition) is 0. The summed E-state index contributed by atoms with van der Waals surface area (Å²) in [4.78, 5) is 14.9. The van der Waals surface area contributed by atoms with Crippen molar-refractivity contribution in [3.8, 4) is 0 Å². The first-order chi connectivity index (χ1) is 6.09. The van der Waals surface area contributed by atoms with E-state index in [0.717, 1.165) is 11.4 Å². The average molecular weight is 179 g/mol. The molecule has 0 aliphatic rings. The van der Waals surface area contributed by atoms with Crippen LogP contribution < -0.4 is 0 Å². The molecule has 0 saturated heterocycles. The molecule has 0 aliphatic heterocycles. The highest BCUT2D eigenvalue weighted by Gasteiger charge is 2.09. The van der Waals surface area contributed by atoms with Gasteiger partial charge in [0.2, 0.25) is 0 Å². The number of aromatic nitrogens is 1. The van der Waals surface area contributed by atoms with Crippen molar-refractivity contribution < 1.29 is 9.53 Å². The van der Waals surface area contributed by atoms with Crippen molar-refractivity contribution >= 4 is 5.97 Å². The van der Waals surface area contributed by atoms with E-state index in [2.05, 4.69) is 4.98 Å². The first-order valence-corrected chi connectivity index (χ1v) is 4.20. The van der Waals surface area contributed by atoms with Crippen LogP contribution in [-0.4, -0.2) is 11.0 Å². The van der Waals surface area contributed by atoms with Crippen LogP contribution in [0, 0.1) is 6.92 Å².